The molecule has 0 unspecified atom stereocenters. The summed E-state index contributed by atoms with van der Waals surface area (Å²) < 4.78 is 28.5. The Bertz CT molecular complexity index is 684. The van der Waals surface area contributed by atoms with Crippen molar-refractivity contribution < 1.29 is 23.5 Å². The predicted molar refractivity (Wildman–Crippen MR) is 77.5 cm³/mol. The first-order valence-corrected chi connectivity index (χ1v) is 6.39. The zero-order valence-corrected chi connectivity index (χ0v) is 11.7. The van der Waals surface area contributed by atoms with Gasteiger partial charge in [-0.2, -0.15) is 8.78 Å². The van der Waals surface area contributed by atoms with Gasteiger partial charge in [-0.3, -0.25) is 9.69 Å². The van der Waals surface area contributed by atoms with Gasteiger partial charge in [0.05, 0.1) is 0 Å². The summed E-state index contributed by atoms with van der Waals surface area (Å²) in [4.78, 5) is 23.6. The monoisotopic (exact) mass is 305 g/mol. The number of carbonyl (C=O) groups is 2. The number of anilines is 1. The number of halogens is 2. The summed E-state index contributed by atoms with van der Waals surface area (Å²) in [6, 6.07) is 11.9. The Hall–Kier alpha value is -2.76. The van der Waals surface area contributed by atoms with Crippen molar-refractivity contribution in [1.29, 1.82) is 0 Å². The van der Waals surface area contributed by atoms with Gasteiger partial charge in [0.15, 0.2) is 0 Å². The maximum Gasteiger partial charge on any atom is 0.411 e. The zero-order valence-electron chi connectivity index (χ0n) is 11.7. The maximum atomic E-state index is 14.2. The summed E-state index contributed by atoms with van der Waals surface area (Å²) in [5.74, 6) is -4.98. The fourth-order valence-electron chi connectivity index (χ4n) is 1.91. The van der Waals surface area contributed by atoms with E-state index < -0.39 is 23.4 Å². The van der Waals surface area contributed by atoms with Crippen LogP contribution in [0, 0.1) is 0 Å². The molecule has 6 heteroatoms. The zero-order chi connectivity index (χ0) is 16.3. The highest BCUT2D eigenvalue weighted by atomic mass is 19.3. The van der Waals surface area contributed by atoms with E-state index in [1.54, 1.807) is 6.07 Å². The summed E-state index contributed by atoms with van der Waals surface area (Å²) in [6.45, 7) is 0. The Labute approximate surface area is 125 Å². The van der Waals surface area contributed by atoms with Gasteiger partial charge in [-0.05, 0) is 12.1 Å². The second-order valence-electron chi connectivity index (χ2n) is 4.66. The van der Waals surface area contributed by atoms with Crippen LogP contribution in [0.4, 0.5) is 19.3 Å². The number of hydrogen-bond acceptors (Lipinski definition) is 2. The molecule has 0 saturated carbocycles. The first kappa shape index (κ1) is 15.6. The molecule has 0 aromatic heterocycles. The lowest BCUT2D eigenvalue weighted by molar-refractivity contribution is 0.00744. The fourth-order valence-corrected chi connectivity index (χ4v) is 1.91. The van der Waals surface area contributed by atoms with Crippen molar-refractivity contribution in [2.24, 2.45) is 0 Å². The first-order valence-electron chi connectivity index (χ1n) is 6.39. The Morgan fingerprint density at radius 2 is 1.55 bits per heavy atom. The molecule has 0 fully saturated rings. The topological polar surface area (TPSA) is 57.6 Å². The van der Waals surface area contributed by atoms with E-state index in [0.29, 0.717) is 0 Å². The largest absolute Gasteiger partial charge is 0.465 e. The van der Waals surface area contributed by atoms with E-state index in [2.05, 4.69) is 0 Å². The number of hydrogen-bond donors (Lipinski definition) is 1. The molecule has 1 amide bonds. The molecule has 1 N–H and O–H groups in total. The molecule has 0 saturated heterocycles. The van der Waals surface area contributed by atoms with Gasteiger partial charge in [0.2, 0.25) is 5.78 Å². The van der Waals surface area contributed by atoms with Crippen LogP contribution in [0.15, 0.2) is 54.6 Å². The van der Waals surface area contributed by atoms with Gasteiger partial charge in [0.1, 0.15) is 0 Å². The molecule has 0 bridgehead atoms. The molecule has 2 rings (SSSR count). The van der Waals surface area contributed by atoms with E-state index in [4.69, 9.17) is 5.11 Å². The van der Waals surface area contributed by atoms with Gasteiger partial charge in [-0.15, -0.1) is 0 Å². The van der Waals surface area contributed by atoms with Crippen LogP contribution in [0.2, 0.25) is 0 Å². The molecule has 0 spiro atoms. The lowest BCUT2D eigenvalue weighted by Crippen LogP contribution is -2.27. The molecule has 22 heavy (non-hydrogen) atoms. The molecular formula is C16H13F2NO3. The number of Topliss-reactive ketones (excluding diaryl/α,β-unsaturated/α-hetero) is 1. The van der Waals surface area contributed by atoms with E-state index in [1.165, 1.54) is 43.4 Å². The van der Waals surface area contributed by atoms with Gasteiger partial charge >= 0.3 is 12.0 Å². The van der Waals surface area contributed by atoms with Crippen molar-refractivity contribution in [2.45, 2.75) is 5.92 Å². The third-order valence-electron chi connectivity index (χ3n) is 3.23. The molecule has 0 heterocycles. The van der Waals surface area contributed by atoms with Crippen LogP contribution in [-0.4, -0.2) is 24.0 Å². The van der Waals surface area contributed by atoms with Crippen molar-refractivity contribution in [3.63, 3.8) is 0 Å². The maximum absolute atomic E-state index is 14.2. The van der Waals surface area contributed by atoms with Crippen molar-refractivity contribution in [3.05, 3.63) is 65.7 Å². The quantitative estimate of drug-likeness (QED) is 0.875. The van der Waals surface area contributed by atoms with Crippen LogP contribution in [-0.2, 0) is 5.92 Å². The molecule has 0 aliphatic carbocycles. The van der Waals surface area contributed by atoms with Crippen LogP contribution in [0.3, 0.4) is 0 Å². The van der Waals surface area contributed by atoms with Crippen LogP contribution in [0.25, 0.3) is 0 Å². The first-order chi connectivity index (χ1) is 10.3. The number of rotatable bonds is 4. The number of nitrogens with zero attached hydrogens (tertiary/aromatic N) is 1. The molecule has 4 nitrogen and oxygen atoms in total. The Morgan fingerprint density at radius 1 is 1.00 bits per heavy atom. The molecule has 0 atom stereocenters. The molecule has 2 aromatic rings. The van der Waals surface area contributed by atoms with E-state index >= 15 is 0 Å². The highest BCUT2D eigenvalue weighted by Crippen LogP contribution is 2.33. The SMILES string of the molecule is CN(C(=O)O)c1ccc(C(F)(F)C(=O)c2ccccc2)cc1. The van der Waals surface area contributed by atoms with Crippen LogP contribution in [0.5, 0.6) is 0 Å². The number of benzene rings is 2. The average Bonchev–Trinajstić information content (AvgIpc) is 2.54. The predicted octanol–water partition coefficient (Wildman–Crippen LogP) is 3.78. The third-order valence-corrected chi connectivity index (χ3v) is 3.23. The summed E-state index contributed by atoms with van der Waals surface area (Å²) in [6.07, 6.45) is -1.21. The minimum Gasteiger partial charge on any atom is -0.465 e. The summed E-state index contributed by atoms with van der Waals surface area (Å²) >= 11 is 0. The smallest absolute Gasteiger partial charge is 0.411 e. The van der Waals surface area contributed by atoms with Crippen molar-refractivity contribution in [3.8, 4) is 0 Å². The van der Waals surface area contributed by atoms with Gasteiger partial charge in [-0.25, -0.2) is 4.79 Å². The van der Waals surface area contributed by atoms with Gasteiger partial charge in [-0.1, -0.05) is 42.5 Å². The van der Waals surface area contributed by atoms with E-state index in [9.17, 15) is 18.4 Å². The normalized spacial score (nSPS) is 11.0. The van der Waals surface area contributed by atoms with Gasteiger partial charge in [0.25, 0.3) is 0 Å². The van der Waals surface area contributed by atoms with Crippen LogP contribution in [0.1, 0.15) is 15.9 Å². The highest BCUT2D eigenvalue weighted by Gasteiger charge is 2.41. The van der Waals surface area contributed by atoms with Gasteiger partial charge < -0.3 is 5.11 Å². The van der Waals surface area contributed by atoms with Crippen LogP contribution < -0.4 is 4.90 Å². The van der Waals surface area contributed by atoms with E-state index in [-0.39, 0.29) is 11.3 Å². The third kappa shape index (κ3) is 2.95. The number of alkyl halides is 2. The van der Waals surface area contributed by atoms with Gasteiger partial charge in [0, 0.05) is 23.9 Å². The number of carbonyl (C=O) groups excluding carboxylic acids is 1. The fraction of sp³-hybridized carbons (Fsp3) is 0.125. The minimum absolute atomic E-state index is 0.0840. The molecule has 2 aromatic carbocycles. The minimum atomic E-state index is -3.68. The molecule has 0 radical (unpaired) electrons. The highest BCUT2D eigenvalue weighted by molar-refractivity contribution is 6.01. The molecular weight excluding hydrogens is 292 g/mol. The Morgan fingerprint density at radius 3 is 2.05 bits per heavy atom. The van der Waals surface area contributed by atoms with E-state index in [1.807, 2.05) is 0 Å². The summed E-state index contributed by atoms with van der Waals surface area (Å²) in [5, 5.41) is 8.83. The van der Waals surface area contributed by atoms with Crippen molar-refractivity contribution in [2.75, 3.05) is 11.9 Å². The second-order valence-corrected chi connectivity index (χ2v) is 4.66. The van der Waals surface area contributed by atoms with Crippen molar-refractivity contribution in [1.82, 2.24) is 0 Å². The van der Waals surface area contributed by atoms with Crippen molar-refractivity contribution >= 4 is 17.6 Å². The number of carboxylic acid groups (broad SMARTS) is 1. The molecule has 0 aliphatic rings. The van der Waals surface area contributed by atoms with E-state index in [0.717, 1.165) is 17.0 Å². The lowest BCUT2D eigenvalue weighted by atomic mass is 9.98. The Balaban J connectivity index is 2.30. The lowest BCUT2D eigenvalue weighted by Gasteiger charge is -2.18. The summed E-state index contributed by atoms with van der Waals surface area (Å²) in [7, 11) is 1.30. The second kappa shape index (κ2) is 5.93. The average molecular weight is 305 g/mol. The number of ketones is 1. The summed E-state index contributed by atoms with van der Waals surface area (Å²) in [5.41, 5.74) is -0.331. The number of amides is 1. The molecule has 114 valence electrons. The Kier molecular flexibility index (Phi) is 4.21. The standard InChI is InChI=1S/C16H13F2NO3/c1-19(15(21)22)13-9-7-12(8-10-13)16(17,18)14(20)11-5-3-2-4-6-11/h2-10H,1H3,(H,21,22). The molecule has 0 aliphatic heterocycles. The van der Waals surface area contributed by atoms with Crippen LogP contribution >= 0.6 is 0 Å².